The van der Waals surface area contributed by atoms with Crippen LogP contribution in [0.5, 0.6) is 0 Å². The lowest BCUT2D eigenvalue weighted by Gasteiger charge is -2.21. The van der Waals surface area contributed by atoms with Crippen LogP contribution in [0, 0.1) is 0 Å². The van der Waals surface area contributed by atoms with Crippen molar-refractivity contribution in [3.8, 4) is 0 Å². The SMILES string of the molecule is CCOC(=O)CO[Si](C)(C)OCC(=O)OCC. The quantitative estimate of drug-likeness (QED) is 0.478. The van der Waals surface area contributed by atoms with Crippen LogP contribution in [0.1, 0.15) is 13.8 Å². The average Bonchev–Trinajstić information content (AvgIpc) is 2.25. The van der Waals surface area contributed by atoms with E-state index in [1.54, 1.807) is 26.9 Å². The summed E-state index contributed by atoms with van der Waals surface area (Å²) >= 11 is 0. The Morgan fingerprint density at radius 1 is 0.882 bits per heavy atom. The van der Waals surface area contributed by atoms with Crippen LogP contribution in [0.4, 0.5) is 0 Å². The fourth-order valence-corrected chi connectivity index (χ4v) is 1.93. The Bertz CT molecular complexity index is 229. The predicted molar refractivity (Wildman–Crippen MR) is 62.7 cm³/mol. The van der Waals surface area contributed by atoms with Gasteiger partial charge in [-0.1, -0.05) is 0 Å². The molecule has 0 aliphatic rings. The van der Waals surface area contributed by atoms with Gasteiger partial charge in [0.1, 0.15) is 13.2 Å². The minimum Gasteiger partial charge on any atom is -0.464 e. The van der Waals surface area contributed by atoms with Crippen LogP contribution in [0.15, 0.2) is 0 Å². The molecular formula is C10H20O6Si. The minimum absolute atomic E-state index is 0.157. The molecule has 0 aromatic heterocycles. The first-order chi connectivity index (χ1) is 7.91. The van der Waals surface area contributed by atoms with Gasteiger partial charge in [-0.15, -0.1) is 0 Å². The summed E-state index contributed by atoms with van der Waals surface area (Å²) in [4.78, 5) is 22.1. The Balaban J connectivity index is 3.86. The lowest BCUT2D eigenvalue weighted by Crippen LogP contribution is -2.39. The second-order valence-corrected chi connectivity index (χ2v) is 6.96. The van der Waals surface area contributed by atoms with Gasteiger partial charge in [0.15, 0.2) is 0 Å². The highest BCUT2D eigenvalue weighted by Gasteiger charge is 2.27. The molecule has 0 saturated carbocycles. The Hall–Kier alpha value is -0.923. The van der Waals surface area contributed by atoms with Crippen LogP contribution in [0.3, 0.4) is 0 Å². The third kappa shape index (κ3) is 8.84. The summed E-state index contributed by atoms with van der Waals surface area (Å²) in [5.74, 6) is -0.874. The zero-order valence-corrected chi connectivity index (χ0v) is 11.8. The summed E-state index contributed by atoms with van der Waals surface area (Å²) in [5.41, 5.74) is 0. The highest BCUT2D eigenvalue weighted by Crippen LogP contribution is 2.06. The highest BCUT2D eigenvalue weighted by molar-refractivity contribution is 6.64. The van der Waals surface area contributed by atoms with Gasteiger partial charge in [-0.25, -0.2) is 9.59 Å². The average molecular weight is 264 g/mol. The topological polar surface area (TPSA) is 71.1 Å². The third-order valence-electron chi connectivity index (χ3n) is 1.69. The maximum absolute atomic E-state index is 11.1. The maximum atomic E-state index is 11.1. The number of ether oxygens (including phenoxy) is 2. The van der Waals surface area contributed by atoms with Crippen molar-refractivity contribution in [1.29, 1.82) is 0 Å². The molecule has 0 aliphatic carbocycles. The number of hydrogen-bond acceptors (Lipinski definition) is 6. The lowest BCUT2D eigenvalue weighted by molar-refractivity contribution is -0.147. The summed E-state index contributed by atoms with van der Waals surface area (Å²) < 4.78 is 20.0. The number of carbonyl (C=O) groups is 2. The van der Waals surface area contributed by atoms with Crippen molar-refractivity contribution in [1.82, 2.24) is 0 Å². The molecule has 7 heteroatoms. The summed E-state index contributed by atoms with van der Waals surface area (Å²) in [5, 5.41) is 0. The fraction of sp³-hybridized carbons (Fsp3) is 0.800. The van der Waals surface area contributed by atoms with Crippen molar-refractivity contribution in [2.75, 3.05) is 26.4 Å². The first-order valence-electron chi connectivity index (χ1n) is 5.50. The molecule has 0 unspecified atom stereocenters. The van der Waals surface area contributed by atoms with Gasteiger partial charge in [-0.2, -0.15) is 0 Å². The van der Waals surface area contributed by atoms with E-state index in [-0.39, 0.29) is 13.2 Å². The molecule has 0 amide bonds. The van der Waals surface area contributed by atoms with Gasteiger partial charge in [0.2, 0.25) is 0 Å². The minimum atomic E-state index is -2.49. The summed E-state index contributed by atoms with van der Waals surface area (Å²) in [6, 6.07) is 0. The van der Waals surface area contributed by atoms with E-state index in [1.165, 1.54) is 0 Å². The smallest absolute Gasteiger partial charge is 0.332 e. The lowest BCUT2D eigenvalue weighted by atomic mass is 10.7. The molecule has 0 spiro atoms. The second kappa shape index (κ2) is 8.21. The van der Waals surface area contributed by atoms with Gasteiger partial charge in [0, 0.05) is 0 Å². The van der Waals surface area contributed by atoms with Gasteiger partial charge in [-0.05, 0) is 26.9 Å². The Morgan fingerprint density at radius 3 is 1.53 bits per heavy atom. The number of carbonyl (C=O) groups excluding carboxylic acids is 2. The number of esters is 2. The first-order valence-corrected chi connectivity index (χ1v) is 8.32. The standard InChI is InChI=1S/C10H20O6Si/c1-5-13-9(11)7-15-17(3,4)16-8-10(12)14-6-2/h5-8H2,1-4H3. The zero-order chi connectivity index (χ0) is 13.3. The van der Waals surface area contributed by atoms with Gasteiger partial charge >= 0.3 is 20.5 Å². The first kappa shape index (κ1) is 16.1. The van der Waals surface area contributed by atoms with Crippen LogP contribution in [0.25, 0.3) is 0 Å². The van der Waals surface area contributed by atoms with Gasteiger partial charge in [0.25, 0.3) is 0 Å². The maximum Gasteiger partial charge on any atom is 0.332 e. The van der Waals surface area contributed by atoms with Crippen molar-refractivity contribution in [2.45, 2.75) is 26.9 Å². The Kier molecular flexibility index (Phi) is 7.76. The van der Waals surface area contributed by atoms with Crippen LogP contribution < -0.4 is 0 Å². The molecule has 0 radical (unpaired) electrons. The normalized spacial score (nSPS) is 11.1. The molecule has 0 aromatic carbocycles. The number of hydrogen-bond donors (Lipinski definition) is 0. The van der Waals surface area contributed by atoms with E-state index in [0.29, 0.717) is 13.2 Å². The van der Waals surface area contributed by atoms with E-state index in [2.05, 4.69) is 0 Å². The van der Waals surface area contributed by atoms with Crippen LogP contribution in [-0.4, -0.2) is 46.9 Å². The van der Waals surface area contributed by atoms with Crippen molar-refractivity contribution >= 4 is 20.5 Å². The molecule has 6 nitrogen and oxygen atoms in total. The predicted octanol–water partition coefficient (Wildman–Crippen LogP) is 0.848. The molecule has 0 atom stereocenters. The van der Waals surface area contributed by atoms with E-state index in [1.807, 2.05) is 0 Å². The van der Waals surface area contributed by atoms with Gasteiger partial charge in [0.05, 0.1) is 13.2 Å². The zero-order valence-electron chi connectivity index (χ0n) is 10.8. The van der Waals surface area contributed by atoms with E-state index in [9.17, 15) is 9.59 Å². The van der Waals surface area contributed by atoms with Crippen LogP contribution in [0.2, 0.25) is 13.1 Å². The Labute approximate surface area is 102 Å². The van der Waals surface area contributed by atoms with Crippen LogP contribution in [-0.2, 0) is 27.9 Å². The molecule has 17 heavy (non-hydrogen) atoms. The van der Waals surface area contributed by atoms with Crippen molar-refractivity contribution in [2.24, 2.45) is 0 Å². The van der Waals surface area contributed by atoms with Gasteiger partial charge in [-0.3, -0.25) is 0 Å². The van der Waals surface area contributed by atoms with Crippen molar-refractivity contribution in [3.05, 3.63) is 0 Å². The van der Waals surface area contributed by atoms with E-state index >= 15 is 0 Å². The second-order valence-electron chi connectivity index (χ2n) is 3.59. The Morgan fingerprint density at radius 2 is 1.24 bits per heavy atom. The molecule has 0 aromatic rings. The summed E-state index contributed by atoms with van der Waals surface area (Å²) in [6.07, 6.45) is 0. The molecule has 0 saturated heterocycles. The molecule has 0 N–H and O–H groups in total. The van der Waals surface area contributed by atoms with Crippen LogP contribution >= 0.6 is 0 Å². The molecule has 0 bridgehead atoms. The third-order valence-corrected chi connectivity index (χ3v) is 3.36. The van der Waals surface area contributed by atoms with Crippen molar-refractivity contribution in [3.63, 3.8) is 0 Å². The van der Waals surface area contributed by atoms with Crippen molar-refractivity contribution < 1.29 is 27.9 Å². The molecule has 0 aliphatic heterocycles. The van der Waals surface area contributed by atoms with E-state index in [4.69, 9.17) is 18.3 Å². The monoisotopic (exact) mass is 264 g/mol. The van der Waals surface area contributed by atoms with Gasteiger partial charge < -0.3 is 18.3 Å². The number of rotatable bonds is 8. The summed E-state index contributed by atoms with van der Waals surface area (Å²) in [6.45, 7) is 7.24. The molecule has 0 rings (SSSR count). The van der Waals surface area contributed by atoms with E-state index in [0.717, 1.165) is 0 Å². The van der Waals surface area contributed by atoms with E-state index < -0.39 is 20.5 Å². The largest absolute Gasteiger partial charge is 0.464 e. The molecule has 0 heterocycles. The summed E-state index contributed by atoms with van der Waals surface area (Å²) in [7, 11) is -2.49. The molecule has 0 fully saturated rings. The highest BCUT2D eigenvalue weighted by atomic mass is 28.4. The molecule has 100 valence electrons. The molecular weight excluding hydrogens is 244 g/mol. The fourth-order valence-electron chi connectivity index (χ4n) is 0.912.